The van der Waals surface area contributed by atoms with Crippen LogP contribution in [0.5, 0.6) is 0 Å². The number of rotatable bonds is 11. The largest absolute Gasteiger partial charge is 0.369 e. The van der Waals surface area contributed by atoms with Crippen molar-refractivity contribution in [2.45, 2.75) is 25.7 Å². The van der Waals surface area contributed by atoms with Crippen LogP contribution < -0.4 is 15.5 Å². The fourth-order valence-electron chi connectivity index (χ4n) is 4.31. The Bertz CT molecular complexity index is 1060. The van der Waals surface area contributed by atoms with E-state index >= 15 is 0 Å². The van der Waals surface area contributed by atoms with E-state index in [0.717, 1.165) is 52.0 Å². The summed E-state index contributed by atoms with van der Waals surface area (Å²) in [6.45, 7) is 5.75. The zero-order valence-electron chi connectivity index (χ0n) is 20.1. The molecule has 6 nitrogen and oxygen atoms in total. The molecular weight excluding hydrogens is 456 g/mol. The van der Waals surface area contributed by atoms with Gasteiger partial charge in [-0.25, -0.2) is 0 Å². The Hall–Kier alpha value is -3.16. The van der Waals surface area contributed by atoms with Gasteiger partial charge in [-0.1, -0.05) is 30.3 Å². The van der Waals surface area contributed by atoms with Crippen molar-refractivity contribution in [3.8, 4) is 0 Å². The lowest BCUT2D eigenvalue weighted by molar-refractivity contribution is -0.116. The molecule has 2 N–H and O–H groups in total. The molecule has 0 spiro atoms. The first kappa shape index (κ1) is 24.9. The molecule has 0 saturated carbocycles. The van der Waals surface area contributed by atoms with Crippen molar-refractivity contribution >= 4 is 34.5 Å². The standard InChI is InChI=1S/C28H34N4O2S/c33-27(14-5-12-26-13-6-21-35-26)30-24-9-4-8-23(22-24)28(34)29-15-7-16-31-17-19-32(20-18-31)25-10-2-1-3-11-25/h1-4,6,8-11,13,21-22H,5,7,12,14-20H2,(H,29,34)(H,30,33). The van der Waals surface area contributed by atoms with E-state index in [1.807, 2.05) is 18.2 Å². The van der Waals surface area contributed by atoms with E-state index < -0.39 is 0 Å². The van der Waals surface area contributed by atoms with Crippen molar-refractivity contribution in [3.63, 3.8) is 0 Å². The third-order valence-corrected chi connectivity index (χ3v) is 7.18. The number of benzene rings is 2. The minimum atomic E-state index is -0.104. The second-order valence-corrected chi connectivity index (χ2v) is 9.87. The molecule has 4 rings (SSSR count). The van der Waals surface area contributed by atoms with Gasteiger partial charge in [0.05, 0.1) is 0 Å². The van der Waals surface area contributed by atoms with Crippen molar-refractivity contribution in [2.75, 3.05) is 49.5 Å². The maximum Gasteiger partial charge on any atom is 0.251 e. The van der Waals surface area contributed by atoms with Gasteiger partial charge in [0.2, 0.25) is 5.91 Å². The molecule has 0 aliphatic carbocycles. The van der Waals surface area contributed by atoms with E-state index in [1.165, 1.54) is 10.6 Å². The Balaban J connectivity index is 1.12. The van der Waals surface area contributed by atoms with Gasteiger partial charge in [0.15, 0.2) is 0 Å². The van der Waals surface area contributed by atoms with Gasteiger partial charge in [-0.15, -0.1) is 11.3 Å². The summed E-state index contributed by atoms with van der Waals surface area (Å²) in [7, 11) is 0. The number of piperazine rings is 1. The highest BCUT2D eigenvalue weighted by Gasteiger charge is 2.16. The summed E-state index contributed by atoms with van der Waals surface area (Å²) >= 11 is 1.72. The molecule has 2 heterocycles. The molecule has 3 aromatic rings. The Morgan fingerprint density at radius 3 is 2.49 bits per heavy atom. The molecule has 1 aliphatic rings. The van der Waals surface area contributed by atoms with Crippen LogP contribution in [-0.2, 0) is 11.2 Å². The Morgan fingerprint density at radius 1 is 0.886 bits per heavy atom. The number of nitrogens with zero attached hydrogens (tertiary/aromatic N) is 2. The number of hydrogen-bond donors (Lipinski definition) is 2. The number of amides is 2. The minimum Gasteiger partial charge on any atom is -0.369 e. The fraction of sp³-hybridized carbons (Fsp3) is 0.357. The lowest BCUT2D eigenvalue weighted by Crippen LogP contribution is -2.47. The van der Waals surface area contributed by atoms with Crippen molar-refractivity contribution in [3.05, 3.63) is 82.6 Å². The summed E-state index contributed by atoms with van der Waals surface area (Å²) in [5.74, 6) is -0.126. The minimum absolute atomic E-state index is 0.0218. The predicted octanol–water partition coefficient (Wildman–Crippen LogP) is 4.65. The number of thiophene rings is 1. The van der Waals surface area contributed by atoms with Crippen LogP contribution in [0.25, 0.3) is 0 Å². The monoisotopic (exact) mass is 490 g/mol. The SMILES string of the molecule is O=C(CCCc1cccs1)Nc1cccc(C(=O)NCCCN2CCN(c3ccccc3)CC2)c1. The maximum atomic E-state index is 12.6. The first-order valence-electron chi connectivity index (χ1n) is 12.4. The van der Waals surface area contributed by atoms with Crippen molar-refractivity contribution in [1.29, 1.82) is 0 Å². The molecule has 1 aliphatic heterocycles. The number of aryl methyl sites for hydroxylation is 1. The normalized spacial score (nSPS) is 14.0. The number of carbonyl (C=O) groups excluding carboxylic acids is 2. The van der Waals surface area contributed by atoms with Gasteiger partial charge in [-0.2, -0.15) is 0 Å². The van der Waals surface area contributed by atoms with Crippen LogP contribution in [0, 0.1) is 0 Å². The van der Waals surface area contributed by atoms with Crippen molar-refractivity contribution in [2.24, 2.45) is 0 Å². The van der Waals surface area contributed by atoms with Crippen LogP contribution in [0.3, 0.4) is 0 Å². The lowest BCUT2D eigenvalue weighted by Gasteiger charge is -2.36. The average molecular weight is 491 g/mol. The summed E-state index contributed by atoms with van der Waals surface area (Å²) in [6, 6.07) is 21.8. The van der Waals surface area contributed by atoms with Crippen LogP contribution in [-0.4, -0.2) is 56.0 Å². The lowest BCUT2D eigenvalue weighted by atomic mass is 10.1. The second-order valence-electron chi connectivity index (χ2n) is 8.84. The molecule has 35 heavy (non-hydrogen) atoms. The summed E-state index contributed by atoms with van der Waals surface area (Å²) in [4.78, 5) is 31.0. The van der Waals surface area contributed by atoms with Gasteiger partial charge in [-0.3, -0.25) is 14.5 Å². The molecular formula is C28H34N4O2S. The highest BCUT2D eigenvalue weighted by Crippen LogP contribution is 2.16. The Kier molecular flexibility index (Phi) is 9.32. The summed E-state index contributed by atoms with van der Waals surface area (Å²) in [5.41, 5.74) is 2.52. The van der Waals surface area contributed by atoms with Crippen LogP contribution >= 0.6 is 11.3 Å². The predicted molar refractivity (Wildman–Crippen MR) is 144 cm³/mol. The molecule has 0 unspecified atom stereocenters. The maximum absolute atomic E-state index is 12.6. The number of anilines is 2. The molecule has 0 bridgehead atoms. The average Bonchev–Trinajstić information content (AvgIpc) is 3.41. The van der Waals surface area contributed by atoms with Crippen LogP contribution in [0.2, 0.25) is 0 Å². The molecule has 0 radical (unpaired) electrons. The topological polar surface area (TPSA) is 64.7 Å². The van der Waals surface area contributed by atoms with Gasteiger partial charge >= 0.3 is 0 Å². The number of hydrogen-bond acceptors (Lipinski definition) is 5. The van der Waals surface area contributed by atoms with Crippen molar-refractivity contribution < 1.29 is 9.59 Å². The highest BCUT2D eigenvalue weighted by atomic mass is 32.1. The molecule has 184 valence electrons. The van der Waals surface area contributed by atoms with Crippen LogP contribution in [0.4, 0.5) is 11.4 Å². The quantitative estimate of drug-likeness (QED) is 0.384. The second kappa shape index (κ2) is 13.1. The van der Waals surface area contributed by atoms with Gasteiger partial charge < -0.3 is 15.5 Å². The number of carbonyl (C=O) groups is 2. The first-order chi connectivity index (χ1) is 17.2. The van der Waals surface area contributed by atoms with Gasteiger partial charge in [-0.05, 0) is 67.6 Å². The van der Waals surface area contributed by atoms with Crippen LogP contribution in [0.15, 0.2) is 72.1 Å². The van der Waals surface area contributed by atoms with Crippen molar-refractivity contribution in [1.82, 2.24) is 10.2 Å². The number of para-hydroxylation sites is 1. The smallest absolute Gasteiger partial charge is 0.251 e. The van der Waals surface area contributed by atoms with E-state index in [4.69, 9.17) is 0 Å². The van der Waals surface area contributed by atoms with Gasteiger partial charge in [0, 0.05) is 61.0 Å². The molecule has 7 heteroatoms. The molecule has 1 aromatic heterocycles. The molecule has 2 amide bonds. The number of nitrogens with one attached hydrogen (secondary N) is 2. The Morgan fingerprint density at radius 2 is 1.71 bits per heavy atom. The molecule has 0 atom stereocenters. The third kappa shape index (κ3) is 7.94. The molecule has 2 aromatic carbocycles. The van der Waals surface area contributed by atoms with E-state index in [1.54, 1.807) is 23.5 Å². The fourth-order valence-corrected chi connectivity index (χ4v) is 5.07. The summed E-state index contributed by atoms with van der Waals surface area (Å²) in [6.07, 6.45) is 3.11. The van der Waals surface area contributed by atoms with E-state index in [2.05, 4.69) is 62.2 Å². The Labute approximate surface area is 212 Å². The molecule has 1 saturated heterocycles. The zero-order valence-corrected chi connectivity index (χ0v) is 20.9. The van der Waals surface area contributed by atoms with Gasteiger partial charge in [0.1, 0.15) is 0 Å². The third-order valence-electron chi connectivity index (χ3n) is 6.25. The highest BCUT2D eigenvalue weighted by molar-refractivity contribution is 7.09. The van der Waals surface area contributed by atoms with Gasteiger partial charge in [0.25, 0.3) is 5.91 Å². The molecule has 1 fully saturated rings. The van der Waals surface area contributed by atoms with E-state index in [-0.39, 0.29) is 11.8 Å². The first-order valence-corrected chi connectivity index (χ1v) is 13.3. The van der Waals surface area contributed by atoms with E-state index in [0.29, 0.717) is 24.2 Å². The summed E-state index contributed by atoms with van der Waals surface area (Å²) in [5, 5.41) is 7.99. The summed E-state index contributed by atoms with van der Waals surface area (Å²) < 4.78 is 0. The van der Waals surface area contributed by atoms with E-state index in [9.17, 15) is 9.59 Å². The van der Waals surface area contributed by atoms with Crippen LogP contribution in [0.1, 0.15) is 34.5 Å². The zero-order chi connectivity index (χ0) is 24.3.